The highest BCUT2D eigenvalue weighted by Crippen LogP contribution is 2.28. The minimum atomic E-state index is -0.200. The molecule has 4 aromatic rings. The molecular weight excluding hydrogens is 308 g/mol. The number of para-hydroxylation sites is 1. The molecule has 112 valence electrons. The summed E-state index contributed by atoms with van der Waals surface area (Å²) in [4.78, 5) is 25.3. The molecule has 0 aliphatic heterocycles. The van der Waals surface area contributed by atoms with Gasteiger partial charge in [0.2, 0.25) is 0 Å². The molecule has 0 bridgehead atoms. The molecule has 0 aliphatic carbocycles. The molecule has 0 saturated heterocycles. The first-order valence-electron chi connectivity index (χ1n) is 7.09. The number of hydrogen-bond acceptors (Lipinski definition) is 5. The number of rotatable bonds is 2. The summed E-state index contributed by atoms with van der Waals surface area (Å²) in [5.41, 5.74) is 4.02. The Kier molecular flexibility index (Phi) is 3.24. The Morgan fingerprint density at radius 1 is 1.09 bits per heavy atom. The molecule has 0 radical (unpaired) electrons. The smallest absolute Gasteiger partial charge is 0.257 e. The molecule has 0 unspecified atom stereocenters. The van der Waals surface area contributed by atoms with Crippen molar-refractivity contribution < 1.29 is 4.79 Å². The van der Waals surface area contributed by atoms with Gasteiger partial charge in [-0.25, -0.2) is 4.98 Å². The topological polar surface area (TPSA) is 67.8 Å². The summed E-state index contributed by atoms with van der Waals surface area (Å²) in [7, 11) is 0. The lowest BCUT2D eigenvalue weighted by Gasteiger charge is -2.02. The van der Waals surface area contributed by atoms with Crippen LogP contribution in [0.1, 0.15) is 15.9 Å². The van der Waals surface area contributed by atoms with E-state index < -0.39 is 0 Å². The highest BCUT2D eigenvalue weighted by molar-refractivity contribution is 7.22. The zero-order valence-electron chi connectivity index (χ0n) is 12.3. The van der Waals surface area contributed by atoms with Gasteiger partial charge in [0.05, 0.1) is 21.3 Å². The molecule has 0 saturated carbocycles. The number of benzene rings is 2. The lowest BCUT2D eigenvalue weighted by atomic mass is 10.2. The number of anilines is 1. The molecule has 1 N–H and O–H groups in total. The van der Waals surface area contributed by atoms with Crippen LogP contribution >= 0.6 is 11.3 Å². The third-order valence-electron chi connectivity index (χ3n) is 3.57. The second-order valence-corrected chi connectivity index (χ2v) is 6.19. The summed E-state index contributed by atoms with van der Waals surface area (Å²) in [5.74, 6) is -0.200. The number of carbonyl (C=O) groups is 1. The molecule has 0 fully saturated rings. The monoisotopic (exact) mass is 320 g/mol. The number of fused-ring (bicyclic) bond motifs is 2. The lowest BCUT2D eigenvalue weighted by Crippen LogP contribution is -2.11. The highest BCUT2D eigenvalue weighted by atomic mass is 32.1. The largest absolute Gasteiger partial charge is 0.298 e. The fourth-order valence-electron chi connectivity index (χ4n) is 2.41. The summed E-state index contributed by atoms with van der Waals surface area (Å²) < 4.78 is 1.06. The van der Waals surface area contributed by atoms with Crippen LogP contribution in [0.5, 0.6) is 0 Å². The van der Waals surface area contributed by atoms with E-state index >= 15 is 0 Å². The van der Waals surface area contributed by atoms with Gasteiger partial charge in [-0.1, -0.05) is 23.5 Å². The van der Waals surface area contributed by atoms with Gasteiger partial charge in [0.15, 0.2) is 5.13 Å². The number of thiazole rings is 1. The minimum Gasteiger partial charge on any atom is -0.298 e. The zero-order chi connectivity index (χ0) is 15.8. The number of amides is 1. The summed E-state index contributed by atoms with van der Waals surface area (Å²) in [6.07, 6.45) is 3.24. The first-order valence-corrected chi connectivity index (χ1v) is 7.91. The van der Waals surface area contributed by atoms with E-state index in [1.165, 1.54) is 11.3 Å². The molecule has 23 heavy (non-hydrogen) atoms. The Morgan fingerprint density at radius 2 is 1.91 bits per heavy atom. The molecule has 5 nitrogen and oxygen atoms in total. The number of nitrogens with one attached hydrogen (secondary N) is 1. The Hall–Kier alpha value is -2.86. The molecular formula is C17H12N4OS. The van der Waals surface area contributed by atoms with Crippen LogP contribution in [0.3, 0.4) is 0 Å². The van der Waals surface area contributed by atoms with Gasteiger partial charge in [-0.15, -0.1) is 0 Å². The molecule has 4 rings (SSSR count). The van der Waals surface area contributed by atoms with Crippen molar-refractivity contribution in [1.29, 1.82) is 0 Å². The third-order valence-corrected chi connectivity index (χ3v) is 4.51. The Bertz CT molecular complexity index is 1040. The lowest BCUT2D eigenvalue weighted by molar-refractivity contribution is 0.102. The van der Waals surface area contributed by atoms with Gasteiger partial charge in [-0.2, -0.15) is 0 Å². The van der Waals surface area contributed by atoms with E-state index in [1.54, 1.807) is 30.6 Å². The summed E-state index contributed by atoms with van der Waals surface area (Å²) in [6, 6.07) is 11.3. The maximum absolute atomic E-state index is 12.4. The Labute approximate surface area is 136 Å². The molecule has 2 aromatic carbocycles. The second kappa shape index (κ2) is 5.40. The van der Waals surface area contributed by atoms with Gasteiger partial charge in [0.25, 0.3) is 5.91 Å². The van der Waals surface area contributed by atoms with E-state index in [-0.39, 0.29) is 5.91 Å². The first-order chi connectivity index (χ1) is 11.2. The number of carbonyl (C=O) groups excluding carboxylic acids is 1. The van der Waals surface area contributed by atoms with Crippen LogP contribution in [0.15, 0.2) is 48.8 Å². The molecule has 6 heteroatoms. The normalized spacial score (nSPS) is 11.0. The van der Waals surface area contributed by atoms with Crippen LogP contribution < -0.4 is 5.32 Å². The predicted molar refractivity (Wildman–Crippen MR) is 91.8 cm³/mol. The highest BCUT2D eigenvalue weighted by Gasteiger charge is 2.11. The average molecular weight is 320 g/mol. The van der Waals surface area contributed by atoms with Gasteiger partial charge in [0.1, 0.15) is 0 Å². The molecule has 0 atom stereocenters. The van der Waals surface area contributed by atoms with E-state index in [0.29, 0.717) is 16.2 Å². The molecule has 0 aliphatic rings. The summed E-state index contributed by atoms with van der Waals surface area (Å²) in [5, 5.41) is 3.46. The van der Waals surface area contributed by atoms with Crippen LogP contribution in [0.25, 0.3) is 21.3 Å². The Morgan fingerprint density at radius 3 is 2.74 bits per heavy atom. The van der Waals surface area contributed by atoms with Gasteiger partial charge in [-0.05, 0) is 36.8 Å². The average Bonchev–Trinajstić information content (AvgIpc) is 2.98. The van der Waals surface area contributed by atoms with Gasteiger partial charge in [0, 0.05) is 18.0 Å². The summed E-state index contributed by atoms with van der Waals surface area (Å²) >= 11 is 1.47. The van der Waals surface area contributed by atoms with Crippen molar-refractivity contribution in [2.24, 2.45) is 0 Å². The van der Waals surface area contributed by atoms with E-state index in [0.717, 1.165) is 21.3 Å². The van der Waals surface area contributed by atoms with E-state index in [1.807, 2.05) is 25.1 Å². The number of aryl methyl sites for hydroxylation is 1. The third kappa shape index (κ3) is 2.53. The first kappa shape index (κ1) is 13.8. The van der Waals surface area contributed by atoms with Crippen molar-refractivity contribution in [1.82, 2.24) is 15.0 Å². The zero-order valence-corrected chi connectivity index (χ0v) is 13.1. The van der Waals surface area contributed by atoms with Crippen molar-refractivity contribution in [3.63, 3.8) is 0 Å². The molecule has 1 amide bonds. The van der Waals surface area contributed by atoms with Crippen LogP contribution in [0.2, 0.25) is 0 Å². The Balaban J connectivity index is 1.66. The fourth-order valence-corrected chi connectivity index (χ4v) is 3.35. The standard InChI is InChI=1S/C17H12N4OS/c1-10-3-2-4-14-15(10)20-17(23-14)21-16(22)11-5-6-12-13(9-11)19-8-7-18-12/h2-9H,1H3,(H,20,21,22). The number of aromatic nitrogens is 3. The van der Waals surface area contributed by atoms with Crippen molar-refractivity contribution in [2.75, 3.05) is 5.32 Å². The van der Waals surface area contributed by atoms with Crippen LogP contribution in [0.4, 0.5) is 5.13 Å². The van der Waals surface area contributed by atoms with Crippen molar-refractivity contribution in [2.45, 2.75) is 6.92 Å². The van der Waals surface area contributed by atoms with Gasteiger partial charge in [-0.3, -0.25) is 20.1 Å². The van der Waals surface area contributed by atoms with Crippen molar-refractivity contribution in [3.8, 4) is 0 Å². The molecule has 2 aromatic heterocycles. The quantitative estimate of drug-likeness (QED) is 0.610. The fraction of sp³-hybridized carbons (Fsp3) is 0.0588. The van der Waals surface area contributed by atoms with E-state index in [2.05, 4.69) is 20.3 Å². The van der Waals surface area contributed by atoms with Gasteiger partial charge < -0.3 is 0 Å². The number of nitrogens with zero attached hydrogens (tertiary/aromatic N) is 3. The SMILES string of the molecule is Cc1cccc2sc(NC(=O)c3ccc4nccnc4c3)nc12. The van der Waals surface area contributed by atoms with Crippen molar-refractivity contribution in [3.05, 3.63) is 59.9 Å². The van der Waals surface area contributed by atoms with Crippen LogP contribution in [-0.4, -0.2) is 20.9 Å². The second-order valence-electron chi connectivity index (χ2n) is 5.15. The predicted octanol–water partition coefficient (Wildman–Crippen LogP) is 3.80. The van der Waals surface area contributed by atoms with Crippen molar-refractivity contribution >= 4 is 43.6 Å². The van der Waals surface area contributed by atoms with E-state index in [4.69, 9.17) is 0 Å². The summed E-state index contributed by atoms with van der Waals surface area (Å²) in [6.45, 7) is 2.01. The molecule has 0 spiro atoms. The van der Waals surface area contributed by atoms with Gasteiger partial charge >= 0.3 is 0 Å². The van der Waals surface area contributed by atoms with E-state index in [9.17, 15) is 4.79 Å². The van der Waals surface area contributed by atoms with Crippen LogP contribution in [0, 0.1) is 6.92 Å². The van der Waals surface area contributed by atoms with Crippen LogP contribution in [-0.2, 0) is 0 Å². The maximum Gasteiger partial charge on any atom is 0.257 e. The molecule has 2 heterocycles. The maximum atomic E-state index is 12.4. The number of hydrogen-bond donors (Lipinski definition) is 1. The minimum absolute atomic E-state index is 0.200.